The smallest absolute Gasteiger partial charge is 0.256 e. The largest absolute Gasteiger partial charge is 0.322 e. The lowest BCUT2D eigenvalue weighted by molar-refractivity contribution is 0.0968. The predicted molar refractivity (Wildman–Crippen MR) is 105 cm³/mol. The molecule has 1 heterocycles. The Morgan fingerprint density at radius 3 is 2.41 bits per heavy atom. The molecule has 8 heteroatoms. The number of nitrogens with zero attached hydrogens (tertiary/aromatic N) is 3. The van der Waals surface area contributed by atoms with Gasteiger partial charge < -0.3 is 5.32 Å². The SMILES string of the molecule is Cc1nn(C)c(=N)n1CC(=O)c1ccc(NC(=O)c2ccccc2Br)cc1. The molecule has 0 spiro atoms. The molecule has 138 valence electrons. The van der Waals surface area contributed by atoms with Gasteiger partial charge in [0.25, 0.3) is 5.91 Å². The Morgan fingerprint density at radius 2 is 1.81 bits per heavy atom. The second kappa shape index (κ2) is 7.71. The quantitative estimate of drug-likeness (QED) is 0.612. The fourth-order valence-corrected chi connectivity index (χ4v) is 3.12. The summed E-state index contributed by atoms with van der Waals surface area (Å²) < 4.78 is 3.68. The van der Waals surface area contributed by atoms with Gasteiger partial charge in [0.15, 0.2) is 5.78 Å². The van der Waals surface area contributed by atoms with Crippen molar-refractivity contribution in [1.82, 2.24) is 14.3 Å². The van der Waals surface area contributed by atoms with Crippen LogP contribution in [-0.4, -0.2) is 26.0 Å². The minimum Gasteiger partial charge on any atom is -0.322 e. The first-order valence-corrected chi connectivity index (χ1v) is 9.00. The van der Waals surface area contributed by atoms with Crippen LogP contribution in [0.5, 0.6) is 0 Å². The van der Waals surface area contributed by atoms with E-state index in [1.165, 1.54) is 4.68 Å². The zero-order valence-electron chi connectivity index (χ0n) is 14.9. The van der Waals surface area contributed by atoms with Crippen LogP contribution in [0, 0.1) is 12.3 Å². The number of nitrogens with one attached hydrogen (secondary N) is 2. The molecule has 0 aliphatic heterocycles. The molecule has 0 bridgehead atoms. The van der Waals surface area contributed by atoms with Gasteiger partial charge in [0.2, 0.25) is 5.62 Å². The third-order valence-corrected chi connectivity index (χ3v) is 4.82. The lowest BCUT2D eigenvalue weighted by Crippen LogP contribution is -2.26. The molecule has 3 aromatic rings. The van der Waals surface area contributed by atoms with Crippen molar-refractivity contribution in [2.24, 2.45) is 7.05 Å². The Hall–Kier alpha value is -3.00. The molecule has 7 nitrogen and oxygen atoms in total. The Balaban J connectivity index is 1.71. The van der Waals surface area contributed by atoms with E-state index in [-0.39, 0.29) is 23.9 Å². The average Bonchev–Trinajstić information content (AvgIpc) is 2.88. The number of hydrogen-bond donors (Lipinski definition) is 2. The molecule has 0 saturated heterocycles. The molecule has 0 saturated carbocycles. The summed E-state index contributed by atoms with van der Waals surface area (Å²) in [5.41, 5.74) is 1.80. The van der Waals surface area contributed by atoms with Gasteiger partial charge in [-0.3, -0.25) is 19.6 Å². The van der Waals surface area contributed by atoms with Crippen molar-refractivity contribution in [2.45, 2.75) is 13.5 Å². The van der Waals surface area contributed by atoms with Crippen LogP contribution < -0.4 is 10.9 Å². The van der Waals surface area contributed by atoms with E-state index in [0.717, 1.165) is 0 Å². The van der Waals surface area contributed by atoms with Crippen molar-refractivity contribution in [3.8, 4) is 0 Å². The molecule has 0 aliphatic carbocycles. The van der Waals surface area contributed by atoms with E-state index in [9.17, 15) is 9.59 Å². The van der Waals surface area contributed by atoms with Gasteiger partial charge in [0.05, 0.1) is 12.1 Å². The number of anilines is 1. The number of halogens is 1. The van der Waals surface area contributed by atoms with Crippen LogP contribution >= 0.6 is 15.9 Å². The molecule has 0 aliphatic rings. The maximum absolute atomic E-state index is 12.5. The Kier molecular flexibility index (Phi) is 5.36. The minimum absolute atomic E-state index is 0.0428. The normalized spacial score (nSPS) is 10.6. The summed E-state index contributed by atoms with van der Waals surface area (Å²) in [5.74, 6) is 0.239. The van der Waals surface area contributed by atoms with E-state index in [1.807, 2.05) is 6.07 Å². The number of carbonyl (C=O) groups excluding carboxylic acids is 2. The van der Waals surface area contributed by atoms with Crippen molar-refractivity contribution >= 4 is 33.3 Å². The van der Waals surface area contributed by atoms with Gasteiger partial charge in [-0.05, 0) is 59.3 Å². The molecule has 2 aromatic carbocycles. The number of hydrogen-bond acceptors (Lipinski definition) is 4. The van der Waals surface area contributed by atoms with Crippen LogP contribution in [-0.2, 0) is 13.6 Å². The van der Waals surface area contributed by atoms with Crippen molar-refractivity contribution in [3.05, 3.63) is 75.6 Å². The summed E-state index contributed by atoms with van der Waals surface area (Å²) in [7, 11) is 1.67. The maximum atomic E-state index is 12.5. The van der Waals surface area contributed by atoms with Crippen LogP contribution in [0.25, 0.3) is 0 Å². The van der Waals surface area contributed by atoms with Crippen molar-refractivity contribution in [2.75, 3.05) is 5.32 Å². The second-order valence-corrected chi connectivity index (χ2v) is 6.87. The molecule has 1 amide bonds. The minimum atomic E-state index is -0.234. The zero-order chi connectivity index (χ0) is 19.6. The summed E-state index contributed by atoms with van der Waals surface area (Å²) in [6.45, 7) is 1.80. The third kappa shape index (κ3) is 4.06. The van der Waals surface area contributed by atoms with Gasteiger partial charge in [-0.15, -0.1) is 0 Å². The van der Waals surface area contributed by atoms with Gasteiger partial charge in [0, 0.05) is 22.8 Å². The van der Waals surface area contributed by atoms with Gasteiger partial charge in [0.1, 0.15) is 5.82 Å². The van der Waals surface area contributed by atoms with E-state index >= 15 is 0 Å². The van der Waals surface area contributed by atoms with Crippen molar-refractivity contribution < 1.29 is 9.59 Å². The first-order chi connectivity index (χ1) is 12.9. The zero-order valence-corrected chi connectivity index (χ0v) is 16.4. The number of ketones is 1. The summed E-state index contributed by atoms with van der Waals surface area (Å²) in [5, 5.41) is 14.9. The first kappa shape index (κ1) is 18.8. The highest BCUT2D eigenvalue weighted by Crippen LogP contribution is 2.18. The molecule has 0 unspecified atom stereocenters. The van der Waals surface area contributed by atoms with Crippen LogP contribution in [0.3, 0.4) is 0 Å². The summed E-state index contributed by atoms with van der Waals surface area (Å²) in [6.07, 6.45) is 0. The molecule has 27 heavy (non-hydrogen) atoms. The third-order valence-electron chi connectivity index (χ3n) is 4.13. The monoisotopic (exact) mass is 427 g/mol. The van der Waals surface area contributed by atoms with Gasteiger partial charge in [-0.2, -0.15) is 5.10 Å². The van der Waals surface area contributed by atoms with E-state index < -0.39 is 0 Å². The van der Waals surface area contributed by atoms with Crippen LogP contribution in [0.2, 0.25) is 0 Å². The Labute approximate surface area is 164 Å². The number of aromatic nitrogens is 3. The van der Waals surface area contributed by atoms with E-state index in [2.05, 4.69) is 26.3 Å². The number of rotatable bonds is 5. The number of benzene rings is 2. The number of aryl methyl sites for hydroxylation is 2. The van der Waals surface area contributed by atoms with Crippen molar-refractivity contribution in [3.63, 3.8) is 0 Å². The van der Waals surface area contributed by atoms with E-state index in [1.54, 1.807) is 61.0 Å². The molecule has 0 radical (unpaired) electrons. The lowest BCUT2D eigenvalue weighted by Gasteiger charge is -2.08. The fraction of sp³-hybridized carbons (Fsp3) is 0.158. The van der Waals surface area contributed by atoms with Crippen LogP contribution in [0.15, 0.2) is 53.0 Å². The van der Waals surface area contributed by atoms with E-state index in [4.69, 9.17) is 5.41 Å². The molecule has 2 N–H and O–H groups in total. The molecular formula is C19H18BrN5O2. The van der Waals surface area contributed by atoms with Gasteiger partial charge in [-0.1, -0.05) is 12.1 Å². The number of carbonyl (C=O) groups is 2. The molecule has 1 aromatic heterocycles. The number of amides is 1. The standard InChI is InChI=1S/C19H18BrN5O2/c1-12-23-24(2)19(21)25(12)11-17(26)13-7-9-14(10-8-13)22-18(27)15-5-3-4-6-16(15)20/h3-10,21H,11H2,1-2H3,(H,22,27). The Bertz CT molecular complexity index is 1070. The van der Waals surface area contributed by atoms with E-state index in [0.29, 0.717) is 27.1 Å². The first-order valence-electron chi connectivity index (χ1n) is 8.21. The van der Waals surface area contributed by atoms with Crippen LogP contribution in [0.4, 0.5) is 5.69 Å². The molecular weight excluding hydrogens is 410 g/mol. The number of Topliss-reactive ketones (excluding diaryl/α,β-unsaturated/α-hetero) is 1. The average molecular weight is 428 g/mol. The van der Waals surface area contributed by atoms with Gasteiger partial charge in [-0.25, -0.2) is 4.68 Å². The molecule has 0 fully saturated rings. The summed E-state index contributed by atoms with van der Waals surface area (Å²) >= 11 is 3.36. The highest BCUT2D eigenvalue weighted by Gasteiger charge is 2.13. The van der Waals surface area contributed by atoms with Gasteiger partial charge >= 0.3 is 0 Å². The summed E-state index contributed by atoms with van der Waals surface area (Å²) in [4.78, 5) is 24.8. The predicted octanol–water partition coefficient (Wildman–Crippen LogP) is 2.91. The lowest BCUT2D eigenvalue weighted by atomic mass is 10.1. The maximum Gasteiger partial charge on any atom is 0.256 e. The summed E-state index contributed by atoms with van der Waals surface area (Å²) in [6, 6.07) is 13.8. The highest BCUT2D eigenvalue weighted by atomic mass is 79.9. The molecule has 0 atom stereocenters. The Morgan fingerprint density at radius 1 is 1.15 bits per heavy atom. The molecule has 3 rings (SSSR count). The second-order valence-electron chi connectivity index (χ2n) is 6.02. The topological polar surface area (TPSA) is 92.8 Å². The van der Waals surface area contributed by atoms with Crippen LogP contribution in [0.1, 0.15) is 26.5 Å². The fourth-order valence-electron chi connectivity index (χ4n) is 2.65. The highest BCUT2D eigenvalue weighted by molar-refractivity contribution is 9.10. The van der Waals surface area contributed by atoms with Crippen molar-refractivity contribution in [1.29, 1.82) is 5.41 Å².